The summed E-state index contributed by atoms with van der Waals surface area (Å²) >= 11 is 0. The molecule has 148 valence electrons. The van der Waals surface area contributed by atoms with Crippen LogP contribution in [0.3, 0.4) is 0 Å². The third-order valence-electron chi connectivity index (χ3n) is 5.41. The van der Waals surface area contributed by atoms with Crippen molar-refractivity contribution < 1.29 is 13.9 Å². The summed E-state index contributed by atoms with van der Waals surface area (Å²) in [6.07, 6.45) is 0.781. The van der Waals surface area contributed by atoms with Crippen LogP contribution in [0.1, 0.15) is 28.3 Å². The van der Waals surface area contributed by atoms with Crippen LogP contribution >= 0.6 is 0 Å². The van der Waals surface area contributed by atoms with Crippen LogP contribution in [-0.2, 0) is 6.42 Å². The van der Waals surface area contributed by atoms with Crippen molar-refractivity contribution in [3.63, 3.8) is 0 Å². The summed E-state index contributed by atoms with van der Waals surface area (Å²) in [6, 6.07) is 19.6. The molecule has 1 aliphatic heterocycles. The van der Waals surface area contributed by atoms with Gasteiger partial charge in [-0.1, -0.05) is 36.4 Å². The second-order valence-corrected chi connectivity index (χ2v) is 7.21. The molecule has 0 fully saturated rings. The van der Waals surface area contributed by atoms with Crippen LogP contribution in [0.5, 0.6) is 5.75 Å². The maximum Gasteiger partial charge on any atom is 0.322 e. The SMILES string of the molecule is COc1ccc(NC(=O)N2CCc3ccccc3[C@H]2c2ccc(F)cc2)c(C)c1. The van der Waals surface area contributed by atoms with Gasteiger partial charge in [0.1, 0.15) is 11.6 Å². The number of ether oxygens (including phenoxy) is 1. The second kappa shape index (κ2) is 7.95. The molecule has 0 bridgehead atoms. The van der Waals surface area contributed by atoms with Crippen molar-refractivity contribution in [1.29, 1.82) is 0 Å². The van der Waals surface area contributed by atoms with E-state index in [0.29, 0.717) is 6.54 Å². The molecule has 1 atom stereocenters. The van der Waals surface area contributed by atoms with Crippen LogP contribution in [0.25, 0.3) is 0 Å². The molecule has 0 unspecified atom stereocenters. The number of amides is 2. The summed E-state index contributed by atoms with van der Waals surface area (Å²) in [4.78, 5) is 15.1. The standard InChI is InChI=1S/C24H23FN2O2/c1-16-15-20(29-2)11-12-22(16)26-24(28)27-14-13-17-5-3-4-6-21(17)23(27)18-7-9-19(25)10-8-18/h3-12,15,23H,13-14H2,1-2H3,(H,26,28)/t23-/m1/s1. The van der Waals surface area contributed by atoms with E-state index in [1.165, 1.54) is 17.7 Å². The van der Waals surface area contributed by atoms with Gasteiger partial charge < -0.3 is 15.0 Å². The molecule has 0 aliphatic carbocycles. The van der Waals surface area contributed by atoms with E-state index in [-0.39, 0.29) is 17.9 Å². The number of halogens is 1. The minimum atomic E-state index is -0.289. The van der Waals surface area contributed by atoms with Gasteiger partial charge in [-0.25, -0.2) is 9.18 Å². The van der Waals surface area contributed by atoms with Crippen molar-refractivity contribution in [2.45, 2.75) is 19.4 Å². The van der Waals surface area contributed by atoms with Gasteiger partial charge in [0.15, 0.2) is 0 Å². The number of carbonyl (C=O) groups is 1. The fraction of sp³-hybridized carbons (Fsp3) is 0.208. The lowest BCUT2D eigenvalue weighted by Gasteiger charge is -2.37. The third kappa shape index (κ3) is 3.81. The van der Waals surface area contributed by atoms with E-state index in [0.717, 1.165) is 34.5 Å². The molecule has 29 heavy (non-hydrogen) atoms. The average molecular weight is 390 g/mol. The smallest absolute Gasteiger partial charge is 0.322 e. The first-order valence-corrected chi connectivity index (χ1v) is 9.62. The number of nitrogens with zero attached hydrogens (tertiary/aromatic N) is 1. The van der Waals surface area contributed by atoms with Gasteiger partial charge >= 0.3 is 6.03 Å². The lowest BCUT2D eigenvalue weighted by Crippen LogP contribution is -2.43. The molecule has 3 aromatic rings. The van der Waals surface area contributed by atoms with E-state index in [4.69, 9.17) is 4.74 Å². The highest BCUT2D eigenvalue weighted by molar-refractivity contribution is 5.91. The number of carbonyl (C=O) groups excluding carboxylic acids is 1. The Morgan fingerprint density at radius 1 is 1.10 bits per heavy atom. The lowest BCUT2D eigenvalue weighted by molar-refractivity contribution is 0.194. The minimum absolute atomic E-state index is 0.179. The Kier molecular flexibility index (Phi) is 5.21. The predicted octanol–water partition coefficient (Wildman–Crippen LogP) is 5.32. The van der Waals surface area contributed by atoms with Crippen molar-refractivity contribution in [1.82, 2.24) is 4.90 Å². The molecule has 5 heteroatoms. The molecule has 2 amide bonds. The zero-order valence-electron chi connectivity index (χ0n) is 16.5. The maximum atomic E-state index is 13.5. The first-order valence-electron chi connectivity index (χ1n) is 9.62. The van der Waals surface area contributed by atoms with Gasteiger partial charge in [0.25, 0.3) is 0 Å². The Morgan fingerprint density at radius 2 is 1.86 bits per heavy atom. The highest BCUT2D eigenvalue weighted by Crippen LogP contribution is 2.35. The molecule has 0 radical (unpaired) electrons. The topological polar surface area (TPSA) is 41.6 Å². The fourth-order valence-electron chi connectivity index (χ4n) is 3.88. The molecule has 3 aromatic carbocycles. The van der Waals surface area contributed by atoms with Gasteiger partial charge in [-0.3, -0.25) is 0 Å². The fourth-order valence-corrected chi connectivity index (χ4v) is 3.88. The summed E-state index contributed by atoms with van der Waals surface area (Å²) < 4.78 is 18.7. The monoisotopic (exact) mass is 390 g/mol. The van der Waals surface area contributed by atoms with E-state index in [2.05, 4.69) is 11.4 Å². The normalized spacial score (nSPS) is 15.6. The van der Waals surface area contributed by atoms with E-state index in [9.17, 15) is 9.18 Å². The van der Waals surface area contributed by atoms with Crippen LogP contribution < -0.4 is 10.1 Å². The molecule has 1 N–H and O–H groups in total. The molecular weight excluding hydrogens is 367 g/mol. The molecule has 1 heterocycles. The zero-order valence-corrected chi connectivity index (χ0v) is 16.5. The van der Waals surface area contributed by atoms with Gasteiger partial charge in [-0.05, 0) is 65.9 Å². The summed E-state index contributed by atoms with van der Waals surface area (Å²) in [5.74, 6) is 0.458. The zero-order chi connectivity index (χ0) is 20.4. The van der Waals surface area contributed by atoms with Gasteiger partial charge in [0, 0.05) is 12.2 Å². The molecule has 1 aliphatic rings. The summed E-state index contributed by atoms with van der Waals surface area (Å²) in [5, 5.41) is 3.03. The van der Waals surface area contributed by atoms with Crippen LogP contribution in [-0.4, -0.2) is 24.6 Å². The minimum Gasteiger partial charge on any atom is -0.497 e. The number of rotatable bonds is 3. The number of nitrogens with one attached hydrogen (secondary N) is 1. The van der Waals surface area contributed by atoms with Crippen LogP contribution in [0.15, 0.2) is 66.7 Å². The molecule has 0 spiro atoms. The quantitative estimate of drug-likeness (QED) is 0.657. The Hall–Kier alpha value is -3.34. The number of aryl methyl sites for hydroxylation is 1. The first-order chi connectivity index (χ1) is 14.1. The molecule has 4 rings (SSSR count). The largest absolute Gasteiger partial charge is 0.497 e. The predicted molar refractivity (Wildman–Crippen MR) is 112 cm³/mol. The Bertz CT molecular complexity index is 1030. The first kappa shape index (κ1) is 19.0. The van der Waals surface area contributed by atoms with Gasteiger partial charge in [-0.2, -0.15) is 0 Å². The number of methoxy groups -OCH3 is 1. The molecule has 0 aromatic heterocycles. The molecule has 0 saturated heterocycles. The average Bonchev–Trinajstić information content (AvgIpc) is 2.75. The summed E-state index contributed by atoms with van der Waals surface area (Å²) in [6.45, 7) is 2.52. The van der Waals surface area contributed by atoms with Crippen molar-refractivity contribution in [3.05, 3.63) is 94.8 Å². The van der Waals surface area contributed by atoms with Crippen molar-refractivity contribution >= 4 is 11.7 Å². The Balaban J connectivity index is 1.67. The Morgan fingerprint density at radius 3 is 2.59 bits per heavy atom. The van der Waals surface area contributed by atoms with E-state index < -0.39 is 0 Å². The number of benzene rings is 3. The van der Waals surface area contributed by atoms with Crippen molar-refractivity contribution in [2.24, 2.45) is 0 Å². The van der Waals surface area contributed by atoms with Crippen LogP contribution in [0, 0.1) is 12.7 Å². The van der Waals surface area contributed by atoms with Gasteiger partial charge in [0.05, 0.1) is 13.2 Å². The van der Waals surface area contributed by atoms with E-state index >= 15 is 0 Å². The molecular formula is C24H23FN2O2. The highest BCUT2D eigenvalue weighted by Gasteiger charge is 2.32. The van der Waals surface area contributed by atoms with Crippen LogP contribution in [0.4, 0.5) is 14.9 Å². The number of fused-ring (bicyclic) bond motifs is 1. The third-order valence-corrected chi connectivity index (χ3v) is 5.41. The Labute approximate surface area is 169 Å². The second-order valence-electron chi connectivity index (χ2n) is 7.21. The number of urea groups is 1. The maximum absolute atomic E-state index is 13.5. The van der Waals surface area contributed by atoms with E-state index in [1.807, 2.05) is 48.2 Å². The molecule has 0 saturated carbocycles. The lowest BCUT2D eigenvalue weighted by atomic mass is 9.88. The van der Waals surface area contributed by atoms with Crippen molar-refractivity contribution in [3.8, 4) is 5.75 Å². The molecule has 4 nitrogen and oxygen atoms in total. The highest BCUT2D eigenvalue weighted by atomic mass is 19.1. The van der Waals surface area contributed by atoms with Crippen molar-refractivity contribution in [2.75, 3.05) is 19.0 Å². The van der Waals surface area contributed by atoms with Crippen LogP contribution in [0.2, 0.25) is 0 Å². The van der Waals surface area contributed by atoms with Gasteiger partial charge in [0.2, 0.25) is 0 Å². The number of hydrogen-bond donors (Lipinski definition) is 1. The van der Waals surface area contributed by atoms with Gasteiger partial charge in [-0.15, -0.1) is 0 Å². The number of anilines is 1. The summed E-state index contributed by atoms with van der Waals surface area (Å²) in [5.41, 5.74) is 4.85. The van der Waals surface area contributed by atoms with E-state index in [1.54, 1.807) is 19.2 Å². The summed E-state index contributed by atoms with van der Waals surface area (Å²) in [7, 11) is 1.62. The number of hydrogen-bond acceptors (Lipinski definition) is 2.